The van der Waals surface area contributed by atoms with Crippen molar-refractivity contribution in [3.63, 3.8) is 0 Å². The lowest BCUT2D eigenvalue weighted by molar-refractivity contribution is -0.116. The molecule has 0 aliphatic heterocycles. The van der Waals surface area contributed by atoms with Crippen LogP contribution in [0.1, 0.15) is 30.9 Å². The molecule has 0 aliphatic rings. The molecule has 2 aromatic carbocycles. The summed E-state index contributed by atoms with van der Waals surface area (Å²) in [6.07, 6.45) is 2.09. The average Bonchev–Trinajstić information content (AvgIpc) is 3.14. The fraction of sp³-hybridized carbons (Fsp3) is 0.273. The number of anilines is 1. The standard InChI is InChI=1S/C22H24N2O2S/c1-3-17-9-11-18(12-10-17)20-15-27-22(23-20)24-21(25)8-5-13-26-19-7-4-6-16(2)14-19/h4,6-7,9-12,14-15H,3,5,8,13H2,1-2H3,(H,23,24,25). The summed E-state index contributed by atoms with van der Waals surface area (Å²) in [7, 11) is 0. The third kappa shape index (κ3) is 5.66. The SMILES string of the molecule is CCc1ccc(-c2csc(NC(=O)CCCOc3cccc(C)c3)n2)cc1. The van der Waals surface area contributed by atoms with Crippen LogP contribution < -0.4 is 10.1 Å². The van der Waals surface area contributed by atoms with E-state index in [-0.39, 0.29) is 5.91 Å². The molecule has 4 nitrogen and oxygen atoms in total. The van der Waals surface area contributed by atoms with Crippen LogP contribution in [0.5, 0.6) is 5.75 Å². The normalized spacial score (nSPS) is 10.6. The average molecular weight is 381 g/mol. The van der Waals surface area contributed by atoms with Crippen molar-refractivity contribution in [1.29, 1.82) is 0 Å². The fourth-order valence-corrected chi connectivity index (χ4v) is 3.42. The highest BCUT2D eigenvalue weighted by Gasteiger charge is 2.08. The Labute approximate surface area is 164 Å². The lowest BCUT2D eigenvalue weighted by atomic mass is 10.1. The molecule has 1 aromatic heterocycles. The van der Waals surface area contributed by atoms with Gasteiger partial charge in [0.05, 0.1) is 12.3 Å². The highest BCUT2D eigenvalue weighted by Crippen LogP contribution is 2.25. The van der Waals surface area contributed by atoms with Gasteiger partial charge in [-0.3, -0.25) is 4.79 Å². The molecule has 1 amide bonds. The molecule has 0 atom stereocenters. The number of benzene rings is 2. The van der Waals surface area contributed by atoms with E-state index >= 15 is 0 Å². The van der Waals surface area contributed by atoms with Crippen LogP contribution >= 0.6 is 11.3 Å². The van der Waals surface area contributed by atoms with E-state index in [2.05, 4.69) is 41.5 Å². The molecule has 3 aromatic rings. The molecule has 0 bridgehead atoms. The van der Waals surface area contributed by atoms with Crippen molar-refractivity contribution in [3.05, 3.63) is 65.0 Å². The van der Waals surface area contributed by atoms with Crippen molar-refractivity contribution in [2.45, 2.75) is 33.1 Å². The maximum absolute atomic E-state index is 12.1. The first-order chi connectivity index (χ1) is 13.1. The zero-order chi connectivity index (χ0) is 19.1. The maximum Gasteiger partial charge on any atom is 0.226 e. The zero-order valence-corrected chi connectivity index (χ0v) is 16.5. The second kappa shape index (κ2) is 9.33. The van der Waals surface area contributed by atoms with Crippen LogP contribution in [0.25, 0.3) is 11.3 Å². The Morgan fingerprint density at radius 1 is 1.19 bits per heavy atom. The van der Waals surface area contributed by atoms with Gasteiger partial charge in [-0.05, 0) is 43.0 Å². The van der Waals surface area contributed by atoms with Gasteiger partial charge in [-0.2, -0.15) is 0 Å². The van der Waals surface area contributed by atoms with Crippen molar-refractivity contribution in [1.82, 2.24) is 4.98 Å². The Bertz CT molecular complexity index is 887. The van der Waals surface area contributed by atoms with Gasteiger partial charge in [0.2, 0.25) is 5.91 Å². The summed E-state index contributed by atoms with van der Waals surface area (Å²) in [5.74, 6) is 0.805. The minimum absolute atomic E-state index is 0.0370. The van der Waals surface area contributed by atoms with Crippen LogP contribution in [-0.2, 0) is 11.2 Å². The summed E-state index contributed by atoms with van der Waals surface area (Å²) < 4.78 is 5.68. The molecule has 3 rings (SSSR count). The van der Waals surface area contributed by atoms with Crippen molar-refractivity contribution >= 4 is 22.4 Å². The molecular weight excluding hydrogens is 356 g/mol. The molecule has 0 aliphatic carbocycles. The number of ether oxygens (including phenoxy) is 1. The molecule has 1 heterocycles. The van der Waals surface area contributed by atoms with Crippen molar-refractivity contribution in [2.24, 2.45) is 0 Å². The van der Waals surface area contributed by atoms with Crippen LogP contribution in [-0.4, -0.2) is 17.5 Å². The van der Waals surface area contributed by atoms with Gasteiger partial charge in [-0.15, -0.1) is 11.3 Å². The topological polar surface area (TPSA) is 51.2 Å². The molecule has 27 heavy (non-hydrogen) atoms. The monoisotopic (exact) mass is 380 g/mol. The Morgan fingerprint density at radius 2 is 2.00 bits per heavy atom. The summed E-state index contributed by atoms with van der Waals surface area (Å²) in [6, 6.07) is 16.3. The zero-order valence-electron chi connectivity index (χ0n) is 15.7. The number of carbonyl (C=O) groups is 1. The molecule has 0 saturated carbocycles. The van der Waals surface area contributed by atoms with E-state index in [9.17, 15) is 4.79 Å². The summed E-state index contributed by atoms with van der Waals surface area (Å²) in [5.41, 5.74) is 4.42. The van der Waals surface area contributed by atoms with E-state index in [0.29, 0.717) is 24.6 Å². The molecule has 0 unspecified atom stereocenters. The Balaban J connectivity index is 1.44. The number of carbonyl (C=O) groups excluding carboxylic acids is 1. The Hall–Kier alpha value is -2.66. The van der Waals surface area contributed by atoms with E-state index in [1.165, 1.54) is 16.9 Å². The van der Waals surface area contributed by atoms with Gasteiger partial charge in [0, 0.05) is 17.4 Å². The minimum atomic E-state index is -0.0370. The first-order valence-corrected chi connectivity index (χ1v) is 10.1. The summed E-state index contributed by atoms with van der Waals surface area (Å²) in [5, 5.41) is 5.48. The van der Waals surface area contributed by atoms with E-state index in [0.717, 1.165) is 29.0 Å². The summed E-state index contributed by atoms with van der Waals surface area (Å²) in [6.45, 7) is 4.68. The lowest BCUT2D eigenvalue weighted by Gasteiger charge is -2.06. The Kier molecular flexibility index (Phi) is 6.60. The molecule has 0 fully saturated rings. The largest absolute Gasteiger partial charge is 0.494 e. The molecule has 0 spiro atoms. The quantitative estimate of drug-likeness (QED) is 0.527. The second-order valence-corrected chi connectivity index (χ2v) is 7.26. The van der Waals surface area contributed by atoms with Crippen molar-refractivity contribution < 1.29 is 9.53 Å². The van der Waals surface area contributed by atoms with Crippen LogP contribution in [0.4, 0.5) is 5.13 Å². The van der Waals surface area contributed by atoms with Gasteiger partial charge in [-0.1, -0.05) is 43.3 Å². The van der Waals surface area contributed by atoms with E-state index in [4.69, 9.17) is 4.74 Å². The van der Waals surface area contributed by atoms with Gasteiger partial charge in [0.15, 0.2) is 5.13 Å². The number of thiazole rings is 1. The van der Waals surface area contributed by atoms with Crippen LogP contribution in [0.15, 0.2) is 53.9 Å². The molecule has 0 saturated heterocycles. The van der Waals surface area contributed by atoms with E-state index in [1.807, 2.05) is 36.6 Å². The number of nitrogens with zero attached hydrogens (tertiary/aromatic N) is 1. The van der Waals surface area contributed by atoms with Crippen LogP contribution in [0, 0.1) is 6.92 Å². The van der Waals surface area contributed by atoms with Crippen LogP contribution in [0.3, 0.4) is 0 Å². The fourth-order valence-electron chi connectivity index (χ4n) is 2.68. The predicted octanol–water partition coefficient (Wildman–Crippen LogP) is 5.48. The van der Waals surface area contributed by atoms with Crippen LogP contribution in [0.2, 0.25) is 0 Å². The second-order valence-electron chi connectivity index (χ2n) is 6.41. The number of aryl methyl sites for hydroxylation is 2. The summed E-state index contributed by atoms with van der Waals surface area (Å²) >= 11 is 1.45. The van der Waals surface area contributed by atoms with Crippen molar-refractivity contribution in [2.75, 3.05) is 11.9 Å². The Morgan fingerprint density at radius 3 is 2.74 bits per heavy atom. The van der Waals surface area contributed by atoms with Gasteiger partial charge in [-0.25, -0.2) is 4.98 Å². The number of nitrogens with one attached hydrogen (secondary N) is 1. The van der Waals surface area contributed by atoms with Gasteiger partial charge >= 0.3 is 0 Å². The first-order valence-electron chi connectivity index (χ1n) is 9.18. The highest BCUT2D eigenvalue weighted by molar-refractivity contribution is 7.14. The number of hydrogen-bond donors (Lipinski definition) is 1. The maximum atomic E-state index is 12.1. The van der Waals surface area contributed by atoms with Gasteiger partial charge < -0.3 is 10.1 Å². The van der Waals surface area contributed by atoms with E-state index < -0.39 is 0 Å². The number of rotatable bonds is 8. The third-order valence-electron chi connectivity index (χ3n) is 4.21. The smallest absolute Gasteiger partial charge is 0.226 e. The first kappa shape index (κ1) is 19.1. The lowest BCUT2D eigenvalue weighted by Crippen LogP contribution is -2.12. The van der Waals surface area contributed by atoms with E-state index in [1.54, 1.807) is 0 Å². The van der Waals surface area contributed by atoms with Gasteiger partial charge in [0.25, 0.3) is 0 Å². The molecule has 1 N–H and O–H groups in total. The predicted molar refractivity (Wildman–Crippen MR) is 111 cm³/mol. The summed E-state index contributed by atoms with van der Waals surface area (Å²) in [4.78, 5) is 16.6. The number of hydrogen-bond acceptors (Lipinski definition) is 4. The molecule has 5 heteroatoms. The number of amides is 1. The number of aromatic nitrogens is 1. The minimum Gasteiger partial charge on any atom is -0.494 e. The van der Waals surface area contributed by atoms with Crippen molar-refractivity contribution in [3.8, 4) is 17.0 Å². The molecular formula is C22H24N2O2S. The molecule has 140 valence electrons. The molecule has 0 radical (unpaired) electrons. The highest BCUT2D eigenvalue weighted by atomic mass is 32.1. The van der Waals surface area contributed by atoms with Gasteiger partial charge in [0.1, 0.15) is 5.75 Å². The third-order valence-corrected chi connectivity index (χ3v) is 4.97.